The summed E-state index contributed by atoms with van der Waals surface area (Å²) in [5, 5.41) is 6.60. The summed E-state index contributed by atoms with van der Waals surface area (Å²) >= 11 is 0. The van der Waals surface area contributed by atoms with Crippen molar-refractivity contribution in [2.24, 2.45) is 4.99 Å². The molecular formula is C17H30IN3O2. The lowest BCUT2D eigenvalue weighted by molar-refractivity contribution is 0.0776. The molecule has 23 heavy (non-hydrogen) atoms. The number of aliphatic imine (C=N–C) groups is 1. The van der Waals surface area contributed by atoms with Crippen molar-refractivity contribution in [1.29, 1.82) is 0 Å². The number of methoxy groups -OCH3 is 1. The summed E-state index contributed by atoms with van der Waals surface area (Å²) in [5.41, 5.74) is 1.19. The van der Waals surface area contributed by atoms with E-state index in [-0.39, 0.29) is 24.0 Å². The second-order valence-corrected chi connectivity index (χ2v) is 5.26. The van der Waals surface area contributed by atoms with Gasteiger partial charge in [-0.1, -0.05) is 18.2 Å². The summed E-state index contributed by atoms with van der Waals surface area (Å²) in [7, 11) is 3.48. The van der Waals surface area contributed by atoms with E-state index >= 15 is 0 Å². The Morgan fingerprint density at radius 2 is 1.87 bits per heavy atom. The lowest BCUT2D eigenvalue weighted by atomic mass is 10.1. The van der Waals surface area contributed by atoms with Gasteiger partial charge in [-0.3, -0.25) is 4.99 Å². The van der Waals surface area contributed by atoms with Crippen molar-refractivity contribution in [3.63, 3.8) is 0 Å². The number of para-hydroxylation sites is 1. The van der Waals surface area contributed by atoms with Crippen molar-refractivity contribution in [3.8, 4) is 5.75 Å². The third-order valence-electron chi connectivity index (χ3n) is 3.17. The summed E-state index contributed by atoms with van der Waals surface area (Å²) in [6.07, 6.45) is 2.14. The number of nitrogens with one attached hydrogen (secondary N) is 2. The van der Waals surface area contributed by atoms with Crippen molar-refractivity contribution in [1.82, 2.24) is 10.6 Å². The first-order valence-electron chi connectivity index (χ1n) is 7.85. The second-order valence-electron chi connectivity index (χ2n) is 5.26. The van der Waals surface area contributed by atoms with Gasteiger partial charge in [0.05, 0.1) is 13.2 Å². The lowest BCUT2D eigenvalue weighted by Gasteiger charge is -2.13. The largest absolute Gasteiger partial charge is 0.496 e. The Bertz CT molecular complexity index is 453. The average molecular weight is 435 g/mol. The minimum Gasteiger partial charge on any atom is -0.496 e. The number of hydrogen-bond acceptors (Lipinski definition) is 3. The van der Waals surface area contributed by atoms with E-state index in [1.807, 2.05) is 32.0 Å². The number of benzene rings is 1. The first-order valence-corrected chi connectivity index (χ1v) is 7.85. The molecule has 0 atom stereocenters. The van der Waals surface area contributed by atoms with Gasteiger partial charge >= 0.3 is 0 Å². The molecule has 0 unspecified atom stereocenters. The molecule has 132 valence electrons. The fraction of sp³-hybridized carbons (Fsp3) is 0.588. The molecule has 0 saturated heterocycles. The fourth-order valence-electron chi connectivity index (χ4n) is 2.04. The van der Waals surface area contributed by atoms with E-state index in [1.54, 1.807) is 14.2 Å². The van der Waals surface area contributed by atoms with E-state index in [1.165, 1.54) is 5.56 Å². The lowest BCUT2D eigenvalue weighted by Crippen LogP contribution is -2.39. The van der Waals surface area contributed by atoms with Crippen LogP contribution in [0.2, 0.25) is 0 Å². The van der Waals surface area contributed by atoms with Gasteiger partial charge in [0.15, 0.2) is 5.96 Å². The predicted molar refractivity (Wildman–Crippen MR) is 107 cm³/mol. The summed E-state index contributed by atoms with van der Waals surface area (Å²) in [4.78, 5) is 4.22. The van der Waals surface area contributed by atoms with Gasteiger partial charge in [0, 0.05) is 26.7 Å². The molecule has 0 aromatic heterocycles. The summed E-state index contributed by atoms with van der Waals surface area (Å²) in [5.74, 6) is 1.75. The van der Waals surface area contributed by atoms with Crippen LogP contribution in [0.1, 0.15) is 25.8 Å². The highest BCUT2D eigenvalue weighted by Crippen LogP contribution is 2.17. The molecule has 2 N–H and O–H groups in total. The molecule has 0 fully saturated rings. The number of nitrogens with zero attached hydrogens (tertiary/aromatic N) is 1. The molecule has 0 heterocycles. The van der Waals surface area contributed by atoms with Gasteiger partial charge in [0.2, 0.25) is 0 Å². The van der Waals surface area contributed by atoms with Crippen molar-refractivity contribution in [2.45, 2.75) is 32.8 Å². The van der Waals surface area contributed by atoms with Gasteiger partial charge in [0.1, 0.15) is 5.75 Å². The number of halogens is 1. The molecule has 0 amide bonds. The third kappa shape index (κ3) is 9.65. The Balaban J connectivity index is 0.00000484. The minimum absolute atomic E-state index is 0. The summed E-state index contributed by atoms with van der Waals surface area (Å²) in [6.45, 7) is 6.52. The predicted octanol–water partition coefficient (Wildman–Crippen LogP) is 2.84. The highest BCUT2D eigenvalue weighted by molar-refractivity contribution is 14.0. The molecule has 0 saturated carbocycles. The van der Waals surface area contributed by atoms with Crippen LogP contribution in [-0.2, 0) is 11.2 Å². The molecule has 0 aliphatic rings. The maximum Gasteiger partial charge on any atom is 0.190 e. The van der Waals surface area contributed by atoms with E-state index in [0.717, 1.165) is 44.2 Å². The van der Waals surface area contributed by atoms with Gasteiger partial charge < -0.3 is 20.1 Å². The molecule has 1 rings (SSSR count). The monoisotopic (exact) mass is 435 g/mol. The molecule has 0 aliphatic carbocycles. The van der Waals surface area contributed by atoms with Gasteiger partial charge in [-0.05, 0) is 38.3 Å². The molecule has 5 nitrogen and oxygen atoms in total. The number of rotatable bonds is 9. The maximum atomic E-state index is 5.51. The third-order valence-corrected chi connectivity index (χ3v) is 3.17. The molecule has 1 aromatic rings. The van der Waals surface area contributed by atoms with Crippen LogP contribution in [0.5, 0.6) is 5.75 Å². The van der Waals surface area contributed by atoms with Crippen LogP contribution in [0.4, 0.5) is 0 Å². The quantitative estimate of drug-likeness (QED) is 0.271. The summed E-state index contributed by atoms with van der Waals surface area (Å²) in [6, 6.07) is 8.08. The Hall–Kier alpha value is -1.02. The Kier molecular flexibility index (Phi) is 12.8. The zero-order valence-electron chi connectivity index (χ0n) is 14.6. The highest BCUT2D eigenvalue weighted by atomic mass is 127. The molecule has 6 heteroatoms. The number of ether oxygens (including phenoxy) is 2. The molecule has 0 radical (unpaired) electrons. The van der Waals surface area contributed by atoms with Crippen LogP contribution in [-0.4, -0.2) is 45.9 Å². The normalized spacial score (nSPS) is 11.1. The van der Waals surface area contributed by atoms with Crippen LogP contribution in [0.25, 0.3) is 0 Å². The van der Waals surface area contributed by atoms with E-state index in [9.17, 15) is 0 Å². The topological polar surface area (TPSA) is 54.9 Å². The smallest absolute Gasteiger partial charge is 0.190 e. The van der Waals surface area contributed by atoms with Crippen molar-refractivity contribution in [2.75, 3.05) is 33.9 Å². The van der Waals surface area contributed by atoms with E-state index in [2.05, 4.69) is 21.7 Å². The van der Waals surface area contributed by atoms with Crippen molar-refractivity contribution in [3.05, 3.63) is 29.8 Å². The van der Waals surface area contributed by atoms with E-state index in [0.29, 0.717) is 6.10 Å². The molecular weight excluding hydrogens is 405 g/mol. The maximum absolute atomic E-state index is 5.51. The Labute approximate surface area is 157 Å². The molecule has 0 spiro atoms. The van der Waals surface area contributed by atoms with Crippen molar-refractivity contribution < 1.29 is 9.47 Å². The van der Waals surface area contributed by atoms with Gasteiger partial charge in [-0.25, -0.2) is 0 Å². The van der Waals surface area contributed by atoms with Gasteiger partial charge in [0.25, 0.3) is 0 Å². The van der Waals surface area contributed by atoms with Gasteiger partial charge in [-0.15, -0.1) is 24.0 Å². The highest BCUT2D eigenvalue weighted by Gasteiger charge is 2.02. The number of hydrogen-bond donors (Lipinski definition) is 2. The summed E-state index contributed by atoms with van der Waals surface area (Å²) < 4.78 is 10.9. The van der Waals surface area contributed by atoms with Gasteiger partial charge in [-0.2, -0.15) is 0 Å². The zero-order chi connectivity index (χ0) is 16.2. The Morgan fingerprint density at radius 1 is 1.17 bits per heavy atom. The van der Waals surface area contributed by atoms with E-state index in [4.69, 9.17) is 9.47 Å². The minimum atomic E-state index is 0. The standard InChI is InChI=1S/C17H29N3O2.HI/c1-14(2)22-13-7-11-19-17(18-3)20-12-10-15-8-5-6-9-16(15)21-4;/h5-6,8-9,14H,7,10-13H2,1-4H3,(H2,18,19,20);1H. The first-order chi connectivity index (χ1) is 10.7. The average Bonchev–Trinajstić information content (AvgIpc) is 2.53. The zero-order valence-corrected chi connectivity index (χ0v) is 16.9. The van der Waals surface area contributed by atoms with Crippen LogP contribution in [0.3, 0.4) is 0 Å². The van der Waals surface area contributed by atoms with Crippen molar-refractivity contribution >= 4 is 29.9 Å². The van der Waals surface area contributed by atoms with Crippen LogP contribution < -0.4 is 15.4 Å². The Morgan fingerprint density at radius 3 is 2.52 bits per heavy atom. The number of guanidine groups is 1. The molecule has 0 aliphatic heterocycles. The van der Waals surface area contributed by atoms with E-state index < -0.39 is 0 Å². The SMILES string of the molecule is CN=C(NCCCOC(C)C)NCCc1ccccc1OC.I. The van der Waals surface area contributed by atoms with Crippen LogP contribution in [0.15, 0.2) is 29.3 Å². The molecule has 0 bridgehead atoms. The molecule has 1 aromatic carbocycles. The van der Waals surface area contributed by atoms with Crippen LogP contribution in [0, 0.1) is 0 Å². The second kappa shape index (κ2) is 13.4. The van der Waals surface area contributed by atoms with Crippen LogP contribution >= 0.6 is 24.0 Å². The first kappa shape index (κ1) is 22.0. The fourth-order valence-corrected chi connectivity index (χ4v) is 2.04.